The largest absolute Gasteiger partial charge is 0.340 e. The molecule has 0 aromatic carbocycles. The Kier molecular flexibility index (Phi) is 3.34. The fourth-order valence-electron chi connectivity index (χ4n) is 1.16. The number of halogens is 3. The van der Waals surface area contributed by atoms with E-state index >= 15 is 0 Å². The van der Waals surface area contributed by atoms with Crippen LogP contribution < -0.4 is 5.32 Å². The Bertz CT molecular complexity index is 139. The molecule has 0 spiro atoms. The van der Waals surface area contributed by atoms with Gasteiger partial charge in [0.1, 0.15) is 0 Å². The normalized spacial score (nSPS) is 31.8. The number of nitrogens with one attached hydrogen (secondary N) is 1. The molecule has 0 aromatic heterocycles. The number of hydrogen-bond donors (Lipinski definition) is 1. The predicted molar refractivity (Wildman–Crippen MR) is 37.9 cm³/mol. The van der Waals surface area contributed by atoms with E-state index in [1.54, 1.807) is 7.05 Å². The van der Waals surface area contributed by atoms with Crippen LogP contribution in [0, 0.1) is 0 Å². The number of rotatable bonds is 4. The van der Waals surface area contributed by atoms with Crippen LogP contribution in [0.2, 0.25) is 0 Å². The van der Waals surface area contributed by atoms with Gasteiger partial charge in [0.15, 0.2) is 0 Å². The van der Waals surface area contributed by atoms with Crippen molar-refractivity contribution in [1.82, 2.24) is 5.32 Å². The molecule has 0 bridgehead atoms. The topological polar surface area (TPSA) is 21.3 Å². The van der Waals surface area contributed by atoms with Crippen LogP contribution in [0.25, 0.3) is 0 Å². The highest BCUT2D eigenvalue weighted by atomic mass is 19.3. The van der Waals surface area contributed by atoms with Gasteiger partial charge in [-0.25, -0.2) is 13.2 Å². The molecule has 5 heteroatoms. The lowest BCUT2D eigenvalue weighted by Crippen LogP contribution is -2.45. The van der Waals surface area contributed by atoms with E-state index < -0.39 is 12.8 Å². The van der Waals surface area contributed by atoms with E-state index in [1.807, 2.05) is 0 Å². The summed E-state index contributed by atoms with van der Waals surface area (Å²) in [5, 5.41) is 2.94. The van der Waals surface area contributed by atoms with Crippen LogP contribution in [-0.4, -0.2) is 32.0 Å². The molecular weight excluding hydrogens is 171 g/mol. The highest BCUT2D eigenvalue weighted by Crippen LogP contribution is 2.25. The monoisotopic (exact) mass is 183 g/mol. The Morgan fingerprint density at radius 2 is 1.92 bits per heavy atom. The van der Waals surface area contributed by atoms with Gasteiger partial charge in [0.25, 0.3) is 12.8 Å². The predicted octanol–water partition coefficient (Wildman–Crippen LogP) is 1.31. The standard InChI is InChI=1S/C7H12F3NO/c1-11-4-2-5(3-4)12-7(10)6(8)9/h4-7,11H,2-3H2,1H3. The first-order valence-electron chi connectivity index (χ1n) is 3.88. The van der Waals surface area contributed by atoms with Crippen LogP contribution in [0.5, 0.6) is 0 Å². The lowest BCUT2D eigenvalue weighted by atomic mass is 9.89. The maximum Gasteiger partial charge on any atom is 0.293 e. The van der Waals surface area contributed by atoms with Crippen molar-refractivity contribution in [2.24, 2.45) is 0 Å². The first-order valence-corrected chi connectivity index (χ1v) is 3.88. The second-order valence-corrected chi connectivity index (χ2v) is 2.90. The van der Waals surface area contributed by atoms with Crippen LogP contribution in [-0.2, 0) is 4.74 Å². The van der Waals surface area contributed by atoms with E-state index in [1.165, 1.54) is 0 Å². The van der Waals surface area contributed by atoms with Crippen molar-refractivity contribution < 1.29 is 17.9 Å². The van der Waals surface area contributed by atoms with Crippen molar-refractivity contribution in [3.8, 4) is 0 Å². The first kappa shape index (κ1) is 9.80. The second kappa shape index (κ2) is 4.09. The van der Waals surface area contributed by atoms with E-state index in [2.05, 4.69) is 10.1 Å². The highest BCUT2D eigenvalue weighted by molar-refractivity contribution is 4.85. The fourth-order valence-corrected chi connectivity index (χ4v) is 1.16. The average molecular weight is 183 g/mol. The van der Waals surface area contributed by atoms with E-state index in [0.717, 1.165) is 0 Å². The lowest BCUT2D eigenvalue weighted by molar-refractivity contribution is -0.178. The summed E-state index contributed by atoms with van der Waals surface area (Å²) in [4.78, 5) is 0. The lowest BCUT2D eigenvalue weighted by Gasteiger charge is -2.35. The summed E-state index contributed by atoms with van der Waals surface area (Å²) in [7, 11) is 1.78. The van der Waals surface area contributed by atoms with Gasteiger partial charge in [0.2, 0.25) is 0 Å². The van der Waals surface area contributed by atoms with Crippen molar-refractivity contribution in [3.05, 3.63) is 0 Å². The zero-order valence-electron chi connectivity index (χ0n) is 6.77. The minimum atomic E-state index is -3.03. The Morgan fingerprint density at radius 1 is 1.33 bits per heavy atom. The maximum absolute atomic E-state index is 12.2. The van der Waals surface area contributed by atoms with Crippen molar-refractivity contribution in [1.29, 1.82) is 0 Å². The van der Waals surface area contributed by atoms with Crippen LogP contribution in [0.15, 0.2) is 0 Å². The molecule has 2 nitrogen and oxygen atoms in total. The van der Waals surface area contributed by atoms with Crippen molar-refractivity contribution >= 4 is 0 Å². The number of alkyl halides is 3. The summed E-state index contributed by atoms with van der Waals surface area (Å²) in [5.74, 6) is 0. The third-order valence-electron chi connectivity index (χ3n) is 2.02. The molecule has 1 aliphatic carbocycles. The summed E-state index contributed by atoms with van der Waals surface area (Å²) < 4.78 is 39.9. The molecule has 1 aliphatic rings. The minimum absolute atomic E-state index is 0.292. The van der Waals surface area contributed by atoms with Gasteiger partial charge in [-0.05, 0) is 19.9 Å². The van der Waals surface area contributed by atoms with Gasteiger partial charge < -0.3 is 10.1 Å². The molecule has 1 N–H and O–H groups in total. The molecule has 0 heterocycles. The molecule has 1 saturated carbocycles. The Morgan fingerprint density at radius 3 is 2.33 bits per heavy atom. The quantitative estimate of drug-likeness (QED) is 0.709. The highest BCUT2D eigenvalue weighted by Gasteiger charge is 2.33. The molecule has 1 atom stereocenters. The molecule has 0 aromatic rings. The third kappa shape index (κ3) is 2.35. The summed E-state index contributed by atoms with van der Waals surface area (Å²) >= 11 is 0. The van der Waals surface area contributed by atoms with Crippen LogP contribution >= 0.6 is 0 Å². The van der Waals surface area contributed by atoms with E-state index in [-0.39, 0.29) is 6.10 Å². The van der Waals surface area contributed by atoms with Crippen molar-refractivity contribution in [2.75, 3.05) is 7.05 Å². The summed E-state index contributed by atoms with van der Waals surface area (Å²) in [6, 6.07) is 0.292. The maximum atomic E-state index is 12.2. The van der Waals surface area contributed by atoms with E-state index in [9.17, 15) is 13.2 Å². The Balaban J connectivity index is 2.10. The minimum Gasteiger partial charge on any atom is -0.340 e. The van der Waals surface area contributed by atoms with Gasteiger partial charge in [-0.1, -0.05) is 0 Å². The number of hydrogen-bond acceptors (Lipinski definition) is 2. The zero-order chi connectivity index (χ0) is 9.14. The molecule has 1 unspecified atom stereocenters. The molecule has 0 saturated heterocycles. The Hall–Kier alpha value is -0.290. The van der Waals surface area contributed by atoms with Gasteiger partial charge in [0.05, 0.1) is 6.10 Å². The second-order valence-electron chi connectivity index (χ2n) is 2.90. The summed E-state index contributed by atoms with van der Waals surface area (Å²) in [6.07, 6.45) is -4.56. The molecule has 12 heavy (non-hydrogen) atoms. The van der Waals surface area contributed by atoms with Gasteiger partial charge in [-0.2, -0.15) is 0 Å². The van der Waals surface area contributed by atoms with Crippen molar-refractivity contribution in [2.45, 2.75) is 37.8 Å². The van der Waals surface area contributed by atoms with Crippen LogP contribution in [0.3, 0.4) is 0 Å². The Labute approximate surface area is 69.1 Å². The van der Waals surface area contributed by atoms with Gasteiger partial charge in [-0.3, -0.25) is 0 Å². The van der Waals surface area contributed by atoms with Crippen molar-refractivity contribution in [3.63, 3.8) is 0 Å². The smallest absolute Gasteiger partial charge is 0.293 e. The van der Waals surface area contributed by atoms with Gasteiger partial charge >= 0.3 is 0 Å². The van der Waals surface area contributed by atoms with E-state index in [4.69, 9.17) is 0 Å². The molecule has 0 amide bonds. The summed E-state index contributed by atoms with van der Waals surface area (Å²) in [5.41, 5.74) is 0. The SMILES string of the molecule is CNC1CC(OC(F)C(F)F)C1. The van der Waals surface area contributed by atoms with Crippen LogP contribution in [0.1, 0.15) is 12.8 Å². The molecule has 1 fully saturated rings. The average Bonchev–Trinajstić information content (AvgIpc) is 1.94. The zero-order valence-corrected chi connectivity index (χ0v) is 6.77. The molecule has 1 rings (SSSR count). The van der Waals surface area contributed by atoms with E-state index in [0.29, 0.717) is 18.9 Å². The number of ether oxygens (including phenoxy) is 1. The fraction of sp³-hybridized carbons (Fsp3) is 1.00. The molecular formula is C7H12F3NO. The molecule has 72 valence electrons. The third-order valence-corrected chi connectivity index (χ3v) is 2.02. The van der Waals surface area contributed by atoms with Gasteiger partial charge in [-0.15, -0.1) is 0 Å². The molecule has 0 aliphatic heterocycles. The summed E-state index contributed by atoms with van der Waals surface area (Å²) in [6.45, 7) is 0. The molecule has 0 radical (unpaired) electrons. The first-order chi connectivity index (χ1) is 5.63. The van der Waals surface area contributed by atoms with Gasteiger partial charge in [0, 0.05) is 6.04 Å². The van der Waals surface area contributed by atoms with Crippen LogP contribution in [0.4, 0.5) is 13.2 Å².